The van der Waals surface area contributed by atoms with E-state index < -0.39 is 30.7 Å². The first-order chi connectivity index (χ1) is 7.17. The van der Waals surface area contributed by atoms with Gasteiger partial charge in [0.15, 0.2) is 0 Å². The molecule has 0 aliphatic carbocycles. The van der Waals surface area contributed by atoms with Crippen molar-refractivity contribution in [2.24, 2.45) is 0 Å². The molecule has 0 aromatic rings. The summed E-state index contributed by atoms with van der Waals surface area (Å²) < 4.78 is 131. The fourth-order valence-electron chi connectivity index (χ4n) is 0.684. The standard InChI is InChI=1S/C5HF11O/c6-1(7)17-5(15,16)2(8,3(9,10)11)4(12,13)14/h1H. The molecule has 1 nitrogen and oxygen atoms in total. The van der Waals surface area contributed by atoms with Gasteiger partial charge in [-0.05, 0) is 0 Å². The number of hydrogen-bond donors (Lipinski definition) is 0. The van der Waals surface area contributed by atoms with Crippen LogP contribution in [-0.2, 0) is 4.74 Å². The third-order valence-corrected chi connectivity index (χ3v) is 1.42. The van der Waals surface area contributed by atoms with Crippen molar-refractivity contribution in [2.75, 3.05) is 0 Å². The highest BCUT2D eigenvalue weighted by Crippen LogP contribution is 2.55. The molecular formula is C5HF11O. The predicted molar refractivity (Wildman–Crippen MR) is 28.0 cm³/mol. The number of alkyl halides is 11. The van der Waals surface area contributed by atoms with E-state index in [1.165, 1.54) is 0 Å². The third-order valence-electron chi connectivity index (χ3n) is 1.42. The van der Waals surface area contributed by atoms with E-state index in [1.54, 1.807) is 4.74 Å². The summed E-state index contributed by atoms with van der Waals surface area (Å²) in [5.41, 5.74) is -7.23. The molecular weight excluding hydrogens is 285 g/mol. The minimum atomic E-state index is -7.23. The number of rotatable bonds is 3. The molecule has 0 amide bonds. The monoisotopic (exact) mass is 286 g/mol. The Balaban J connectivity index is 5.66. The first-order valence-electron chi connectivity index (χ1n) is 3.33. The van der Waals surface area contributed by atoms with Gasteiger partial charge in [0.05, 0.1) is 0 Å². The molecule has 0 radical (unpaired) electrons. The largest absolute Gasteiger partial charge is 0.440 e. The average Bonchev–Trinajstić information content (AvgIpc) is 1.95. The SMILES string of the molecule is FC(F)OC(F)(F)C(F)(C(F)(F)F)C(F)(F)F. The van der Waals surface area contributed by atoms with Crippen molar-refractivity contribution in [1.29, 1.82) is 0 Å². The Morgan fingerprint density at radius 2 is 0.941 bits per heavy atom. The molecule has 0 spiro atoms. The highest BCUT2D eigenvalue weighted by Gasteiger charge is 2.86. The van der Waals surface area contributed by atoms with E-state index in [9.17, 15) is 48.3 Å². The van der Waals surface area contributed by atoms with Crippen molar-refractivity contribution < 1.29 is 53.0 Å². The van der Waals surface area contributed by atoms with E-state index in [2.05, 4.69) is 0 Å². The molecule has 0 fully saturated rings. The lowest BCUT2D eigenvalue weighted by molar-refractivity contribution is -0.468. The van der Waals surface area contributed by atoms with Crippen molar-refractivity contribution >= 4 is 0 Å². The van der Waals surface area contributed by atoms with Gasteiger partial charge in [-0.1, -0.05) is 0 Å². The van der Waals surface area contributed by atoms with E-state index in [1.807, 2.05) is 0 Å². The van der Waals surface area contributed by atoms with Crippen LogP contribution in [0.4, 0.5) is 48.3 Å². The minimum absolute atomic E-state index is 1.77. The molecule has 0 N–H and O–H groups in total. The summed E-state index contributed by atoms with van der Waals surface area (Å²) in [7, 11) is 0. The Bertz CT molecular complexity index is 248. The maximum absolute atomic E-state index is 12.5. The second-order valence-electron chi connectivity index (χ2n) is 2.55. The molecule has 104 valence electrons. The fourth-order valence-corrected chi connectivity index (χ4v) is 0.684. The summed E-state index contributed by atoms with van der Waals surface area (Å²) in [5.74, 6) is 0. The molecule has 0 atom stereocenters. The fraction of sp³-hybridized carbons (Fsp3) is 1.00. The van der Waals surface area contributed by atoms with Crippen molar-refractivity contribution in [3.05, 3.63) is 0 Å². The second kappa shape index (κ2) is 4.14. The molecule has 0 bridgehead atoms. The van der Waals surface area contributed by atoms with Gasteiger partial charge in [-0.15, -0.1) is 0 Å². The smallest absolute Gasteiger partial charge is 0.255 e. The molecule has 0 saturated carbocycles. The Morgan fingerprint density at radius 1 is 0.647 bits per heavy atom. The van der Waals surface area contributed by atoms with Gasteiger partial charge in [-0.3, -0.25) is 4.74 Å². The molecule has 0 heterocycles. The zero-order valence-corrected chi connectivity index (χ0v) is 7.14. The van der Waals surface area contributed by atoms with Gasteiger partial charge in [0, 0.05) is 0 Å². The highest BCUT2D eigenvalue weighted by atomic mass is 19.4. The molecule has 0 rings (SSSR count). The van der Waals surface area contributed by atoms with Crippen LogP contribution < -0.4 is 0 Å². The van der Waals surface area contributed by atoms with E-state index in [0.717, 1.165) is 0 Å². The van der Waals surface area contributed by atoms with Gasteiger partial charge < -0.3 is 0 Å². The van der Waals surface area contributed by atoms with Gasteiger partial charge in [0.1, 0.15) is 0 Å². The van der Waals surface area contributed by atoms with E-state index in [4.69, 9.17) is 0 Å². The van der Waals surface area contributed by atoms with Crippen LogP contribution in [0.25, 0.3) is 0 Å². The maximum Gasteiger partial charge on any atom is 0.440 e. The first-order valence-corrected chi connectivity index (χ1v) is 3.33. The molecule has 17 heavy (non-hydrogen) atoms. The van der Waals surface area contributed by atoms with Crippen LogP contribution >= 0.6 is 0 Å². The molecule has 0 unspecified atom stereocenters. The summed E-state index contributed by atoms with van der Waals surface area (Å²) in [6.45, 7) is -4.73. The van der Waals surface area contributed by atoms with Crippen LogP contribution in [0.5, 0.6) is 0 Å². The van der Waals surface area contributed by atoms with Gasteiger partial charge in [-0.2, -0.15) is 43.9 Å². The van der Waals surface area contributed by atoms with Crippen LogP contribution in [0.15, 0.2) is 0 Å². The highest BCUT2D eigenvalue weighted by molar-refractivity contribution is 5.01. The third kappa shape index (κ3) is 2.72. The Hall–Kier alpha value is -0.810. The topological polar surface area (TPSA) is 9.23 Å². The van der Waals surface area contributed by atoms with Crippen LogP contribution in [0.2, 0.25) is 0 Å². The van der Waals surface area contributed by atoms with Crippen LogP contribution in [0.1, 0.15) is 0 Å². The van der Waals surface area contributed by atoms with E-state index in [0.29, 0.717) is 0 Å². The summed E-state index contributed by atoms with van der Waals surface area (Å²) in [4.78, 5) is 0. The predicted octanol–water partition coefficient (Wildman–Crippen LogP) is 3.65. The number of ether oxygens (including phenoxy) is 1. The van der Waals surface area contributed by atoms with Crippen molar-refractivity contribution in [2.45, 2.75) is 30.7 Å². The molecule has 0 saturated heterocycles. The summed E-state index contributed by atoms with van der Waals surface area (Å²) >= 11 is 0. The lowest BCUT2D eigenvalue weighted by atomic mass is 10.0. The van der Waals surface area contributed by atoms with Crippen molar-refractivity contribution in [3.8, 4) is 0 Å². The van der Waals surface area contributed by atoms with Crippen LogP contribution in [0.3, 0.4) is 0 Å². The maximum atomic E-state index is 12.5. The Labute approximate surface area is 85.1 Å². The summed E-state index contributed by atoms with van der Waals surface area (Å²) in [6, 6.07) is 0. The van der Waals surface area contributed by atoms with Gasteiger partial charge >= 0.3 is 30.7 Å². The van der Waals surface area contributed by atoms with Crippen LogP contribution in [-0.4, -0.2) is 30.7 Å². The molecule has 12 heteroatoms. The van der Waals surface area contributed by atoms with Crippen molar-refractivity contribution in [1.82, 2.24) is 0 Å². The number of halogens is 11. The Morgan fingerprint density at radius 3 is 1.12 bits per heavy atom. The van der Waals surface area contributed by atoms with Gasteiger partial charge in [0.25, 0.3) is 0 Å². The zero-order valence-electron chi connectivity index (χ0n) is 7.14. The first kappa shape index (κ1) is 16.2. The molecule has 0 aliphatic rings. The average molecular weight is 286 g/mol. The normalized spacial score (nSPS) is 15.5. The van der Waals surface area contributed by atoms with Crippen LogP contribution in [0, 0.1) is 0 Å². The summed E-state index contributed by atoms with van der Waals surface area (Å²) in [5, 5.41) is 0. The van der Waals surface area contributed by atoms with E-state index >= 15 is 0 Å². The van der Waals surface area contributed by atoms with E-state index in [-0.39, 0.29) is 0 Å². The lowest BCUT2D eigenvalue weighted by Gasteiger charge is -2.34. The zero-order chi connectivity index (χ0) is 14.3. The minimum Gasteiger partial charge on any atom is -0.255 e. The molecule has 0 aliphatic heterocycles. The summed E-state index contributed by atoms with van der Waals surface area (Å²) in [6.07, 6.45) is -21.2. The lowest BCUT2D eigenvalue weighted by Crippen LogP contribution is -2.65. The molecule has 0 aromatic heterocycles. The van der Waals surface area contributed by atoms with Gasteiger partial charge in [0.2, 0.25) is 0 Å². The van der Waals surface area contributed by atoms with Crippen molar-refractivity contribution in [3.63, 3.8) is 0 Å². The Kier molecular flexibility index (Phi) is 3.94. The number of hydrogen-bond acceptors (Lipinski definition) is 1. The quantitative estimate of drug-likeness (QED) is 0.719. The second-order valence-corrected chi connectivity index (χ2v) is 2.55. The molecule has 0 aromatic carbocycles. The van der Waals surface area contributed by atoms with Gasteiger partial charge in [-0.25, -0.2) is 4.39 Å².